The highest BCUT2D eigenvalue weighted by Gasteiger charge is 2.20. The Morgan fingerprint density at radius 3 is 0.855 bits per heavy atom. The minimum absolute atomic E-state index is 0.0109. The Morgan fingerprint density at radius 2 is 0.566 bits per heavy atom. The summed E-state index contributed by atoms with van der Waals surface area (Å²) in [6.45, 7) is 4.99. The summed E-state index contributed by atoms with van der Waals surface area (Å²) in [7, 11) is 0. The maximum Gasteiger partial charge on any atom is 0.305 e. The minimum Gasteiger partial charge on any atom is -0.466 e. The van der Waals surface area contributed by atoms with Gasteiger partial charge in [-0.05, 0) is 77.0 Å². The van der Waals surface area contributed by atoms with E-state index >= 15 is 0 Å². The second-order valence-corrected chi connectivity index (χ2v) is 26.3. The zero-order chi connectivity index (χ0) is 59.9. The van der Waals surface area contributed by atoms with Crippen LogP contribution in [0.25, 0.3) is 0 Å². The number of aliphatic hydroxyl groups is 2. The monoisotopic (exact) mass is 1170 g/mol. The first kappa shape index (κ1) is 81.3. The lowest BCUT2D eigenvalue weighted by molar-refractivity contribution is -0.143. The lowest BCUT2D eigenvalue weighted by Gasteiger charge is -2.22. The van der Waals surface area contributed by atoms with Crippen LogP contribution in [0.3, 0.4) is 0 Å². The Morgan fingerprint density at radius 1 is 0.325 bits per heavy atom. The molecule has 83 heavy (non-hydrogen) atoms. The summed E-state index contributed by atoms with van der Waals surface area (Å²) in [5, 5.41) is 23.4. The van der Waals surface area contributed by atoms with Gasteiger partial charge in [0.25, 0.3) is 0 Å². The van der Waals surface area contributed by atoms with Crippen molar-refractivity contribution >= 4 is 11.9 Å². The summed E-state index contributed by atoms with van der Waals surface area (Å²) in [4.78, 5) is 24.6. The summed E-state index contributed by atoms with van der Waals surface area (Å²) in [5.74, 6) is -0.0164. The van der Waals surface area contributed by atoms with Crippen LogP contribution in [-0.2, 0) is 14.3 Å². The third-order valence-electron chi connectivity index (χ3n) is 18.0. The van der Waals surface area contributed by atoms with Gasteiger partial charge >= 0.3 is 5.97 Å². The van der Waals surface area contributed by atoms with Crippen molar-refractivity contribution in [3.63, 3.8) is 0 Å². The third-order valence-corrected chi connectivity index (χ3v) is 18.0. The van der Waals surface area contributed by atoms with E-state index in [0.717, 1.165) is 44.9 Å². The van der Waals surface area contributed by atoms with Crippen LogP contribution in [0, 0.1) is 0 Å². The molecule has 0 spiro atoms. The van der Waals surface area contributed by atoms with E-state index in [2.05, 4.69) is 43.5 Å². The molecule has 6 heteroatoms. The standard InChI is InChI=1S/C77H149NO5/c1-3-5-7-9-11-13-15-17-19-20-36-39-42-45-49-53-57-61-65-69-75(80)74(73-79)78-76(81)70-66-62-58-54-50-46-43-40-37-34-32-30-28-26-24-22-21-23-25-27-29-31-33-35-38-41-44-48-52-56-60-64-68-72-83-77(82)71-67-63-59-55-51-47-18-16-14-12-10-8-6-4-2/h16,18,25,27,74-75,79-80H,3-15,17,19-24,26,28-73H2,1-2H3,(H,78,81)/b18-16-,27-25-. The summed E-state index contributed by atoms with van der Waals surface area (Å²) in [6, 6.07) is -0.539. The van der Waals surface area contributed by atoms with Crippen molar-refractivity contribution in [3.8, 4) is 0 Å². The van der Waals surface area contributed by atoms with E-state index in [1.807, 2.05) is 0 Å². The fourth-order valence-corrected chi connectivity index (χ4v) is 12.2. The molecule has 492 valence electrons. The van der Waals surface area contributed by atoms with E-state index < -0.39 is 12.1 Å². The molecule has 0 rings (SSSR count). The SMILES string of the molecule is CCCCCCC/C=C\CCCCCCCC(=O)OCCCCCCCCCCCCCC/C=C\CCCCCCCCCCCCCCCCCCCC(=O)NC(CO)C(O)CCCCCCCCCCCCCCCCCCCCC. The van der Waals surface area contributed by atoms with Gasteiger partial charge in [0.05, 0.1) is 25.4 Å². The molecule has 0 aliphatic heterocycles. The van der Waals surface area contributed by atoms with Crippen LogP contribution >= 0.6 is 0 Å². The van der Waals surface area contributed by atoms with Gasteiger partial charge in [0.15, 0.2) is 0 Å². The van der Waals surface area contributed by atoms with Crippen molar-refractivity contribution in [1.29, 1.82) is 0 Å². The van der Waals surface area contributed by atoms with Gasteiger partial charge in [-0.15, -0.1) is 0 Å². The van der Waals surface area contributed by atoms with Gasteiger partial charge in [0.2, 0.25) is 5.91 Å². The zero-order valence-electron chi connectivity index (χ0n) is 56.5. The number of allylic oxidation sites excluding steroid dienone is 4. The normalized spacial score (nSPS) is 12.6. The largest absolute Gasteiger partial charge is 0.466 e. The van der Waals surface area contributed by atoms with Gasteiger partial charge in [0, 0.05) is 12.8 Å². The number of hydrogen-bond donors (Lipinski definition) is 3. The molecule has 0 aromatic carbocycles. The van der Waals surface area contributed by atoms with Crippen molar-refractivity contribution in [2.75, 3.05) is 13.2 Å². The summed E-state index contributed by atoms with van der Waals surface area (Å²) >= 11 is 0. The molecule has 0 saturated carbocycles. The molecule has 6 nitrogen and oxygen atoms in total. The summed E-state index contributed by atoms with van der Waals surface area (Å²) < 4.78 is 5.49. The molecule has 0 aliphatic carbocycles. The smallest absolute Gasteiger partial charge is 0.305 e. The fraction of sp³-hybridized carbons (Fsp3) is 0.922. The summed E-state index contributed by atoms with van der Waals surface area (Å²) in [5.41, 5.74) is 0. The molecule has 3 N–H and O–H groups in total. The molecular formula is C77H149NO5. The van der Waals surface area contributed by atoms with Crippen LogP contribution in [-0.4, -0.2) is 47.4 Å². The van der Waals surface area contributed by atoms with E-state index in [4.69, 9.17) is 4.74 Å². The Balaban J connectivity index is 3.35. The van der Waals surface area contributed by atoms with Crippen LogP contribution in [0.15, 0.2) is 24.3 Å². The number of esters is 1. The number of hydrogen-bond acceptors (Lipinski definition) is 5. The molecule has 0 fully saturated rings. The Labute approximate surface area is 520 Å². The maximum atomic E-state index is 12.5. The average Bonchev–Trinajstić information content (AvgIpc) is 3.48. The lowest BCUT2D eigenvalue weighted by atomic mass is 10.0. The number of nitrogens with one attached hydrogen (secondary N) is 1. The molecule has 0 heterocycles. The van der Waals surface area contributed by atoms with Gasteiger partial charge in [-0.3, -0.25) is 9.59 Å². The third kappa shape index (κ3) is 69.3. The van der Waals surface area contributed by atoms with Crippen molar-refractivity contribution in [2.45, 2.75) is 443 Å². The van der Waals surface area contributed by atoms with Crippen LogP contribution < -0.4 is 5.32 Å². The van der Waals surface area contributed by atoms with Crippen LogP contribution in [0.2, 0.25) is 0 Å². The minimum atomic E-state index is -0.663. The van der Waals surface area contributed by atoms with E-state index in [1.54, 1.807) is 0 Å². The number of aliphatic hydroxyl groups excluding tert-OH is 2. The number of unbranched alkanes of at least 4 members (excludes halogenated alkanes) is 57. The molecule has 2 atom stereocenters. The Bertz CT molecular complexity index is 1300. The highest BCUT2D eigenvalue weighted by atomic mass is 16.5. The lowest BCUT2D eigenvalue weighted by Crippen LogP contribution is -2.45. The molecule has 0 aromatic rings. The van der Waals surface area contributed by atoms with Gasteiger partial charge in [0.1, 0.15) is 0 Å². The topological polar surface area (TPSA) is 95.9 Å². The van der Waals surface area contributed by atoms with E-state index in [-0.39, 0.29) is 18.5 Å². The van der Waals surface area contributed by atoms with Gasteiger partial charge < -0.3 is 20.3 Å². The number of ether oxygens (including phenoxy) is 1. The number of carbonyl (C=O) groups excluding carboxylic acids is 2. The quantitative estimate of drug-likeness (QED) is 0.0320. The predicted molar refractivity (Wildman–Crippen MR) is 366 cm³/mol. The molecule has 2 unspecified atom stereocenters. The van der Waals surface area contributed by atoms with E-state index in [0.29, 0.717) is 25.9 Å². The average molecular weight is 1170 g/mol. The molecule has 0 saturated heterocycles. The molecule has 0 aliphatic rings. The number of rotatable bonds is 72. The first-order valence-electron chi connectivity index (χ1n) is 38.1. The number of amides is 1. The highest BCUT2D eigenvalue weighted by molar-refractivity contribution is 5.76. The second kappa shape index (κ2) is 72.8. The highest BCUT2D eigenvalue weighted by Crippen LogP contribution is 2.19. The van der Waals surface area contributed by atoms with Crippen molar-refractivity contribution in [3.05, 3.63) is 24.3 Å². The predicted octanol–water partition coefficient (Wildman–Crippen LogP) is 24.9. The van der Waals surface area contributed by atoms with Crippen LogP contribution in [0.4, 0.5) is 0 Å². The summed E-state index contributed by atoms with van der Waals surface area (Å²) in [6.07, 6.45) is 92.6. The van der Waals surface area contributed by atoms with E-state index in [1.165, 1.54) is 353 Å². The van der Waals surface area contributed by atoms with Gasteiger partial charge in [-0.25, -0.2) is 0 Å². The van der Waals surface area contributed by atoms with Gasteiger partial charge in [-0.2, -0.15) is 0 Å². The molecule has 0 radical (unpaired) electrons. The van der Waals surface area contributed by atoms with Crippen LogP contribution in [0.5, 0.6) is 0 Å². The molecule has 0 aromatic heterocycles. The Hall–Kier alpha value is -1.66. The maximum absolute atomic E-state index is 12.5. The molecule has 1 amide bonds. The van der Waals surface area contributed by atoms with Crippen molar-refractivity contribution in [2.24, 2.45) is 0 Å². The number of carbonyl (C=O) groups is 2. The van der Waals surface area contributed by atoms with Gasteiger partial charge in [-0.1, -0.05) is 366 Å². The first-order chi connectivity index (χ1) is 41.0. The molecular weight excluding hydrogens is 1020 g/mol. The second-order valence-electron chi connectivity index (χ2n) is 26.3. The first-order valence-corrected chi connectivity index (χ1v) is 38.1. The van der Waals surface area contributed by atoms with Crippen molar-refractivity contribution in [1.82, 2.24) is 5.32 Å². The zero-order valence-corrected chi connectivity index (χ0v) is 56.5. The molecule has 0 bridgehead atoms. The van der Waals surface area contributed by atoms with Crippen LogP contribution in [0.1, 0.15) is 431 Å². The van der Waals surface area contributed by atoms with E-state index in [9.17, 15) is 19.8 Å². The fourth-order valence-electron chi connectivity index (χ4n) is 12.2. The Kier molecular flexibility index (Phi) is 71.4. The van der Waals surface area contributed by atoms with Crippen molar-refractivity contribution < 1.29 is 24.5 Å².